The molecule has 0 atom stereocenters. The highest BCUT2D eigenvalue weighted by Gasteiger charge is 2.17. The Morgan fingerprint density at radius 2 is 1.85 bits per heavy atom. The molecule has 11 nitrogen and oxygen atoms in total. The van der Waals surface area contributed by atoms with Crippen LogP contribution in [-0.4, -0.2) is 56.9 Å². The van der Waals surface area contributed by atoms with Crippen molar-refractivity contribution in [3.63, 3.8) is 0 Å². The average Bonchev–Trinajstić information content (AvgIpc) is 3.42. The number of methoxy groups -OCH3 is 2. The number of hydrogen-bond donors (Lipinski definition) is 1. The first kappa shape index (κ1) is 25.9. The van der Waals surface area contributed by atoms with E-state index in [9.17, 15) is 14.9 Å². The number of carbonyl (C=O) groups is 1. The first-order valence-electron chi connectivity index (χ1n) is 12.0. The molecule has 1 N–H and O–H groups in total. The van der Waals surface area contributed by atoms with Crippen LogP contribution in [0.4, 0.5) is 5.69 Å². The molecule has 1 amide bonds. The minimum absolute atomic E-state index is 0.0475. The van der Waals surface area contributed by atoms with E-state index in [0.29, 0.717) is 52.2 Å². The van der Waals surface area contributed by atoms with Crippen LogP contribution in [0.25, 0.3) is 27.9 Å². The van der Waals surface area contributed by atoms with Crippen LogP contribution < -0.4 is 14.8 Å². The normalized spacial score (nSPS) is 11.0. The number of nitrogens with zero attached hydrogens (tertiary/aromatic N) is 5. The van der Waals surface area contributed by atoms with E-state index in [1.54, 1.807) is 30.9 Å². The van der Waals surface area contributed by atoms with Gasteiger partial charge in [0.05, 0.1) is 30.4 Å². The van der Waals surface area contributed by atoms with Gasteiger partial charge in [-0.3, -0.25) is 14.9 Å². The fourth-order valence-corrected chi connectivity index (χ4v) is 4.84. The van der Waals surface area contributed by atoms with E-state index in [4.69, 9.17) is 14.5 Å². The number of nitrogens with one attached hydrogen (secondary N) is 1. The first-order valence-corrected chi connectivity index (χ1v) is 13.0. The summed E-state index contributed by atoms with van der Waals surface area (Å²) in [5, 5.41) is 20.0. The minimum atomic E-state index is -0.457. The summed E-state index contributed by atoms with van der Waals surface area (Å²) < 4.78 is 12.2. The van der Waals surface area contributed by atoms with Gasteiger partial charge in [0.2, 0.25) is 5.91 Å². The zero-order valence-corrected chi connectivity index (χ0v) is 22.0. The third-order valence-corrected chi connectivity index (χ3v) is 6.91. The Hall–Kier alpha value is -4.71. The molecule has 0 aliphatic heterocycles. The van der Waals surface area contributed by atoms with Crippen LogP contribution in [0.2, 0.25) is 0 Å². The number of nitro groups is 1. The maximum absolute atomic E-state index is 12.6. The van der Waals surface area contributed by atoms with Crippen molar-refractivity contribution < 1.29 is 19.2 Å². The predicted molar refractivity (Wildman–Crippen MR) is 147 cm³/mol. The number of aromatic nitrogens is 4. The molecule has 0 aliphatic carbocycles. The monoisotopic (exact) mass is 544 g/mol. The molecule has 0 unspecified atom stereocenters. The number of amides is 1. The highest BCUT2D eigenvalue weighted by Crippen LogP contribution is 2.29. The number of benzene rings is 3. The number of nitro benzene ring substituents is 1. The van der Waals surface area contributed by atoms with Crippen molar-refractivity contribution in [2.75, 3.05) is 26.5 Å². The molecule has 0 bridgehead atoms. The molecular weight excluding hydrogens is 520 g/mol. The number of rotatable bonds is 10. The standard InChI is InChI=1S/C27H24N6O5S/c1-37-22-11-10-17(14-23(22)38-2)12-13-28-24(34)16-39-27-29-21-9-4-3-8-20(21)26-30-25(31-32(26)27)18-6-5-7-19(15-18)33(35)36/h3-11,14-15H,12-13,16H2,1-2H3,(H,28,34). The van der Waals surface area contributed by atoms with Gasteiger partial charge in [-0.05, 0) is 36.2 Å². The first-order chi connectivity index (χ1) is 19.0. The molecule has 0 fully saturated rings. The lowest BCUT2D eigenvalue weighted by molar-refractivity contribution is -0.384. The largest absolute Gasteiger partial charge is 0.493 e. The third kappa shape index (κ3) is 5.60. The van der Waals surface area contributed by atoms with Gasteiger partial charge in [-0.25, -0.2) is 9.97 Å². The SMILES string of the molecule is COc1ccc(CCNC(=O)CSc2nc3ccccc3c3nc(-c4cccc([N+](=O)[O-])c4)nn23)cc1OC. The van der Waals surface area contributed by atoms with E-state index in [2.05, 4.69) is 15.4 Å². The van der Waals surface area contributed by atoms with Gasteiger partial charge in [-0.15, -0.1) is 5.10 Å². The molecule has 0 aliphatic rings. The van der Waals surface area contributed by atoms with Crippen molar-refractivity contribution in [3.8, 4) is 22.9 Å². The molecular formula is C27H24N6O5S. The topological polar surface area (TPSA) is 134 Å². The molecule has 0 spiro atoms. The highest BCUT2D eigenvalue weighted by atomic mass is 32.2. The maximum atomic E-state index is 12.6. The van der Waals surface area contributed by atoms with E-state index in [1.165, 1.54) is 23.9 Å². The molecule has 198 valence electrons. The van der Waals surface area contributed by atoms with Crippen LogP contribution in [0.1, 0.15) is 5.56 Å². The van der Waals surface area contributed by atoms with Gasteiger partial charge >= 0.3 is 0 Å². The zero-order chi connectivity index (χ0) is 27.4. The van der Waals surface area contributed by atoms with Crippen molar-refractivity contribution >= 4 is 39.9 Å². The molecule has 5 rings (SSSR count). The molecule has 2 heterocycles. The van der Waals surface area contributed by atoms with Crippen LogP contribution in [-0.2, 0) is 11.2 Å². The summed E-state index contributed by atoms with van der Waals surface area (Å²) in [7, 11) is 3.17. The van der Waals surface area contributed by atoms with E-state index >= 15 is 0 Å². The van der Waals surface area contributed by atoms with E-state index in [0.717, 1.165) is 10.9 Å². The Bertz CT molecular complexity index is 1690. The van der Waals surface area contributed by atoms with Crippen molar-refractivity contribution in [3.05, 3.63) is 82.4 Å². The van der Waals surface area contributed by atoms with Crippen LogP contribution in [0, 0.1) is 10.1 Å². The van der Waals surface area contributed by atoms with Gasteiger partial charge in [-0.2, -0.15) is 4.52 Å². The fourth-order valence-electron chi connectivity index (χ4n) is 4.07. The van der Waals surface area contributed by atoms with Gasteiger partial charge in [0.25, 0.3) is 5.69 Å². The second-order valence-electron chi connectivity index (χ2n) is 8.47. The Morgan fingerprint density at radius 3 is 2.64 bits per heavy atom. The van der Waals surface area contributed by atoms with Crippen molar-refractivity contribution in [2.24, 2.45) is 0 Å². The average molecular weight is 545 g/mol. The summed E-state index contributed by atoms with van der Waals surface area (Å²) >= 11 is 1.24. The molecule has 0 saturated carbocycles. The van der Waals surface area contributed by atoms with Gasteiger partial charge in [0.1, 0.15) is 0 Å². The van der Waals surface area contributed by atoms with Gasteiger partial charge in [0.15, 0.2) is 28.1 Å². The summed E-state index contributed by atoms with van der Waals surface area (Å²) in [6.07, 6.45) is 0.630. The van der Waals surface area contributed by atoms with Crippen LogP contribution >= 0.6 is 11.8 Å². The molecule has 3 aromatic carbocycles. The van der Waals surface area contributed by atoms with E-state index in [1.807, 2.05) is 42.5 Å². The van der Waals surface area contributed by atoms with E-state index < -0.39 is 4.92 Å². The van der Waals surface area contributed by atoms with E-state index in [-0.39, 0.29) is 17.3 Å². The van der Waals surface area contributed by atoms with Crippen molar-refractivity contribution in [1.82, 2.24) is 24.9 Å². The highest BCUT2D eigenvalue weighted by molar-refractivity contribution is 7.99. The number of ether oxygens (including phenoxy) is 2. The second kappa shape index (κ2) is 11.4. The lowest BCUT2D eigenvalue weighted by Crippen LogP contribution is -2.27. The molecule has 2 aromatic heterocycles. The third-order valence-electron chi connectivity index (χ3n) is 5.98. The number of non-ortho nitro benzene ring substituents is 1. The zero-order valence-electron chi connectivity index (χ0n) is 21.2. The number of thioether (sulfide) groups is 1. The van der Waals surface area contributed by atoms with Crippen LogP contribution in [0.3, 0.4) is 0 Å². The number of carbonyl (C=O) groups excluding carboxylic acids is 1. The summed E-state index contributed by atoms with van der Waals surface area (Å²) in [5.74, 6) is 1.59. The summed E-state index contributed by atoms with van der Waals surface area (Å²) in [4.78, 5) is 32.8. The van der Waals surface area contributed by atoms with Gasteiger partial charge in [-0.1, -0.05) is 42.1 Å². The van der Waals surface area contributed by atoms with Gasteiger partial charge < -0.3 is 14.8 Å². The Kier molecular flexibility index (Phi) is 7.55. The second-order valence-corrected chi connectivity index (χ2v) is 9.41. The molecule has 0 radical (unpaired) electrons. The molecule has 12 heteroatoms. The quantitative estimate of drug-likeness (QED) is 0.118. The number of hydrogen-bond acceptors (Lipinski definition) is 9. The lowest BCUT2D eigenvalue weighted by atomic mass is 10.1. The molecule has 5 aromatic rings. The predicted octanol–water partition coefficient (Wildman–Crippen LogP) is 4.32. The van der Waals surface area contributed by atoms with Crippen molar-refractivity contribution in [1.29, 1.82) is 0 Å². The Morgan fingerprint density at radius 1 is 1.03 bits per heavy atom. The van der Waals surface area contributed by atoms with Gasteiger partial charge in [0, 0.05) is 29.6 Å². The van der Waals surface area contributed by atoms with Crippen LogP contribution in [0.5, 0.6) is 11.5 Å². The Balaban J connectivity index is 1.33. The van der Waals surface area contributed by atoms with Crippen molar-refractivity contribution in [2.45, 2.75) is 11.6 Å². The van der Waals surface area contributed by atoms with Crippen LogP contribution in [0.15, 0.2) is 71.9 Å². The summed E-state index contributed by atoms with van der Waals surface area (Å²) in [6, 6.07) is 19.3. The molecule has 39 heavy (non-hydrogen) atoms. The summed E-state index contributed by atoms with van der Waals surface area (Å²) in [6.45, 7) is 0.454. The maximum Gasteiger partial charge on any atom is 0.270 e. The summed E-state index contributed by atoms with van der Waals surface area (Å²) in [5.41, 5.74) is 2.74. The number of fused-ring (bicyclic) bond motifs is 3. The number of para-hydroxylation sites is 1. The lowest BCUT2D eigenvalue weighted by Gasteiger charge is -2.10. The fraction of sp³-hybridized carbons (Fsp3) is 0.185. The Labute approximate surface area is 227 Å². The minimum Gasteiger partial charge on any atom is -0.493 e. The molecule has 0 saturated heterocycles. The smallest absolute Gasteiger partial charge is 0.270 e.